The molecule has 7 heteroatoms. The van der Waals surface area contributed by atoms with Gasteiger partial charge in [-0.25, -0.2) is 4.79 Å². The van der Waals surface area contributed by atoms with Gasteiger partial charge in [-0.1, -0.05) is 0 Å². The van der Waals surface area contributed by atoms with Gasteiger partial charge >= 0.3 is 6.09 Å². The molecule has 0 aromatic heterocycles. The number of carboxylic acid groups (broad SMARTS) is 1. The van der Waals surface area contributed by atoms with Gasteiger partial charge in [-0.15, -0.1) is 0 Å². The molecule has 0 aliphatic carbocycles. The van der Waals surface area contributed by atoms with Crippen LogP contribution in [0.3, 0.4) is 0 Å². The first-order valence-corrected chi connectivity index (χ1v) is 5.58. The van der Waals surface area contributed by atoms with Crippen LogP contribution in [0.1, 0.15) is 17.3 Å². The van der Waals surface area contributed by atoms with Crippen molar-refractivity contribution in [1.82, 2.24) is 0 Å². The zero-order chi connectivity index (χ0) is 14.2. The molecule has 1 heterocycles. The second kappa shape index (κ2) is 4.60. The van der Waals surface area contributed by atoms with Gasteiger partial charge < -0.3 is 14.7 Å². The molecule has 0 saturated carbocycles. The minimum absolute atomic E-state index is 0.168. The number of benzene rings is 1. The molecule has 1 aromatic rings. The second-order valence-electron chi connectivity index (χ2n) is 3.85. The first kappa shape index (κ1) is 12.9. The summed E-state index contributed by atoms with van der Waals surface area (Å²) in [5.41, 5.74) is 0.723. The summed E-state index contributed by atoms with van der Waals surface area (Å²) in [5.74, 6) is -1.08. The highest BCUT2D eigenvalue weighted by atomic mass is 16.5. The van der Waals surface area contributed by atoms with Gasteiger partial charge in [-0.05, 0) is 19.1 Å². The van der Waals surface area contributed by atoms with Crippen molar-refractivity contribution in [3.8, 4) is 5.75 Å². The SMILES string of the molecule is CCN1C(=O)C(=O)c2ccc(NC(=O)O)c(OC)c21. The lowest BCUT2D eigenvalue weighted by atomic mass is 10.1. The monoisotopic (exact) mass is 264 g/mol. The van der Waals surface area contributed by atoms with E-state index < -0.39 is 17.8 Å². The third-order valence-electron chi connectivity index (χ3n) is 2.85. The van der Waals surface area contributed by atoms with Gasteiger partial charge in [0.25, 0.3) is 11.7 Å². The molecule has 19 heavy (non-hydrogen) atoms. The van der Waals surface area contributed by atoms with Crippen LogP contribution in [-0.2, 0) is 4.79 Å². The molecule has 2 amide bonds. The molecular formula is C12H12N2O5. The topological polar surface area (TPSA) is 95.9 Å². The van der Waals surface area contributed by atoms with Crippen molar-refractivity contribution < 1.29 is 24.2 Å². The highest BCUT2D eigenvalue weighted by molar-refractivity contribution is 6.52. The third kappa shape index (κ3) is 1.88. The lowest BCUT2D eigenvalue weighted by molar-refractivity contribution is -0.114. The largest absolute Gasteiger partial charge is 0.492 e. The number of carbonyl (C=O) groups is 3. The van der Waals surface area contributed by atoms with Gasteiger partial charge in [0, 0.05) is 6.54 Å². The Hall–Kier alpha value is -2.57. The predicted molar refractivity (Wildman–Crippen MR) is 67.0 cm³/mol. The van der Waals surface area contributed by atoms with Crippen LogP contribution in [0.25, 0.3) is 0 Å². The molecule has 1 aromatic carbocycles. The van der Waals surface area contributed by atoms with E-state index in [9.17, 15) is 14.4 Å². The van der Waals surface area contributed by atoms with Crippen molar-refractivity contribution >= 4 is 29.2 Å². The summed E-state index contributed by atoms with van der Waals surface area (Å²) in [6.45, 7) is 2.02. The van der Waals surface area contributed by atoms with E-state index in [0.717, 1.165) is 0 Å². The van der Waals surface area contributed by atoms with Crippen molar-refractivity contribution in [2.24, 2.45) is 0 Å². The van der Waals surface area contributed by atoms with Crippen LogP contribution >= 0.6 is 0 Å². The Balaban J connectivity index is 2.63. The van der Waals surface area contributed by atoms with E-state index in [-0.39, 0.29) is 17.0 Å². The predicted octanol–water partition coefficient (Wildman–Crippen LogP) is 1.33. The molecular weight excluding hydrogens is 252 g/mol. The zero-order valence-electron chi connectivity index (χ0n) is 10.4. The number of methoxy groups -OCH3 is 1. The van der Waals surface area contributed by atoms with Crippen LogP contribution in [0.5, 0.6) is 5.75 Å². The number of Topliss-reactive ketones (excluding diaryl/α,β-unsaturated/α-hetero) is 1. The molecule has 2 rings (SSSR count). The first-order valence-electron chi connectivity index (χ1n) is 5.58. The maximum Gasteiger partial charge on any atom is 0.409 e. The maximum absolute atomic E-state index is 11.8. The van der Waals surface area contributed by atoms with E-state index >= 15 is 0 Å². The Morgan fingerprint density at radius 2 is 2.11 bits per heavy atom. The molecule has 0 fully saturated rings. The highest BCUT2D eigenvalue weighted by Crippen LogP contribution is 2.42. The van der Waals surface area contributed by atoms with Crippen LogP contribution < -0.4 is 15.0 Å². The molecule has 0 spiro atoms. The van der Waals surface area contributed by atoms with Crippen molar-refractivity contribution in [2.75, 3.05) is 23.9 Å². The van der Waals surface area contributed by atoms with Crippen molar-refractivity contribution in [2.45, 2.75) is 6.92 Å². The lowest BCUT2D eigenvalue weighted by Gasteiger charge is -2.18. The molecule has 0 atom stereocenters. The summed E-state index contributed by atoms with van der Waals surface area (Å²) in [4.78, 5) is 35.5. The minimum Gasteiger partial charge on any atom is -0.492 e. The number of nitrogens with zero attached hydrogens (tertiary/aromatic N) is 1. The Morgan fingerprint density at radius 1 is 1.42 bits per heavy atom. The number of fused-ring (bicyclic) bond motifs is 1. The number of ketones is 1. The summed E-state index contributed by atoms with van der Waals surface area (Å²) in [7, 11) is 1.35. The van der Waals surface area contributed by atoms with Crippen LogP contribution in [0.2, 0.25) is 0 Å². The average molecular weight is 264 g/mol. The zero-order valence-corrected chi connectivity index (χ0v) is 10.4. The molecule has 0 bridgehead atoms. The van der Waals surface area contributed by atoms with E-state index in [0.29, 0.717) is 12.2 Å². The minimum atomic E-state index is -1.25. The van der Waals surface area contributed by atoms with Gasteiger partial charge in [-0.3, -0.25) is 14.9 Å². The van der Waals surface area contributed by atoms with Gasteiger partial charge in [0.05, 0.1) is 18.4 Å². The average Bonchev–Trinajstić information content (AvgIpc) is 2.61. The molecule has 7 nitrogen and oxygen atoms in total. The number of hydrogen-bond acceptors (Lipinski definition) is 4. The van der Waals surface area contributed by atoms with E-state index in [1.807, 2.05) is 0 Å². The standard InChI is InChI=1S/C12H12N2O5/c1-3-14-8-6(9(15)11(14)16)4-5-7(10(8)19-2)13-12(17)18/h4-5,13H,3H2,1-2H3,(H,17,18). The summed E-state index contributed by atoms with van der Waals surface area (Å²) in [6, 6.07) is 2.81. The molecule has 0 unspecified atom stereocenters. The van der Waals surface area contributed by atoms with Crippen LogP contribution in [0.4, 0.5) is 16.2 Å². The third-order valence-corrected chi connectivity index (χ3v) is 2.85. The smallest absolute Gasteiger partial charge is 0.409 e. The molecule has 2 N–H and O–H groups in total. The van der Waals surface area contributed by atoms with Crippen LogP contribution in [0.15, 0.2) is 12.1 Å². The summed E-state index contributed by atoms with van der Waals surface area (Å²) in [6.07, 6.45) is -1.25. The quantitative estimate of drug-likeness (QED) is 0.803. The van der Waals surface area contributed by atoms with E-state index in [1.54, 1.807) is 6.92 Å². The lowest BCUT2D eigenvalue weighted by Crippen LogP contribution is -2.29. The highest BCUT2D eigenvalue weighted by Gasteiger charge is 2.38. The number of rotatable bonds is 3. The van der Waals surface area contributed by atoms with Gasteiger partial charge in [0.2, 0.25) is 0 Å². The first-order chi connectivity index (χ1) is 9.01. The molecule has 0 saturated heterocycles. The Bertz CT molecular complexity index is 582. The summed E-state index contributed by atoms with van der Waals surface area (Å²) < 4.78 is 5.15. The fourth-order valence-electron chi connectivity index (χ4n) is 2.08. The van der Waals surface area contributed by atoms with Gasteiger partial charge in [0.15, 0.2) is 5.75 Å². The number of amides is 2. The molecule has 0 radical (unpaired) electrons. The molecule has 1 aliphatic rings. The van der Waals surface area contributed by atoms with Crippen molar-refractivity contribution in [3.05, 3.63) is 17.7 Å². The normalized spacial score (nSPS) is 13.5. The second-order valence-corrected chi connectivity index (χ2v) is 3.85. The molecule has 100 valence electrons. The summed E-state index contributed by atoms with van der Waals surface area (Å²) in [5, 5.41) is 10.9. The van der Waals surface area contributed by atoms with Gasteiger partial charge in [-0.2, -0.15) is 0 Å². The van der Waals surface area contributed by atoms with E-state index in [2.05, 4.69) is 5.32 Å². The van der Waals surface area contributed by atoms with Crippen LogP contribution in [0, 0.1) is 0 Å². The number of nitrogens with one attached hydrogen (secondary N) is 1. The summed E-state index contributed by atoms with van der Waals surface area (Å²) >= 11 is 0. The van der Waals surface area contributed by atoms with Crippen molar-refractivity contribution in [3.63, 3.8) is 0 Å². The van der Waals surface area contributed by atoms with E-state index in [1.165, 1.54) is 24.1 Å². The maximum atomic E-state index is 11.8. The number of ether oxygens (including phenoxy) is 1. The Kier molecular flexibility index (Phi) is 3.12. The Morgan fingerprint density at radius 3 is 2.63 bits per heavy atom. The number of anilines is 2. The fourth-order valence-corrected chi connectivity index (χ4v) is 2.08. The molecule has 1 aliphatic heterocycles. The van der Waals surface area contributed by atoms with E-state index in [4.69, 9.17) is 9.84 Å². The number of likely N-dealkylation sites (N-methyl/N-ethyl adjacent to an activating group) is 1. The fraction of sp³-hybridized carbons (Fsp3) is 0.250. The Labute approximate surface area is 108 Å². The van der Waals surface area contributed by atoms with Crippen LogP contribution in [-0.4, -0.2) is 36.5 Å². The van der Waals surface area contributed by atoms with Crippen molar-refractivity contribution in [1.29, 1.82) is 0 Å². The van der Waals surface area contributed by atoms with Gasteiger partial charge in [0.1, 0.15) is 5.69 Å². The number of carbonyl (C=O) groups excluding carboxylic acids is 2. The number of hydrogen-bond donors (Lipinski definition) is 2.